The maximum Gasteiger partial charge on any atom is 0.454 e. The van der Waals surface area contributed by atoms with Gasteiger partial charge >= 0.3 is 12.1 Å². The Bertz CT molecular complexity index is 1050. The summed E-state index contributed by atoms with van der Waals surface area (Å²) in [6.07, 6.45) is -3.86. The fourth-order valence-corrected chi connectivity index (χ4v) is 2.95. The van der Waals surface area contributed by atoms with Crippen LogP contribution in [0.5, 0.6) is 5.75 Å². The summed E-state index contributed by atoms with van der Waals surface area (Å²) >= 11 is 0. The molecule has 1 aromatic heterocycles. The number of Topliss-reactive ketones (excluding diaryl/α,β-unsaturated/α-hetero) is 1. The van der Waals surface area contributed by atoms with E-state index < -0.39 is 23.5 Å². The fraction of sp³-hybridized carbons (Fsp3) is 0.238. The van der Waals surface area contributed by atoms with Gasteiger partial charge in [-0.25, -0.2) is 4.79 Å². The molecule has 0 amide bonds. The summed E-state index contributed by atoms with van der Waals surface area (Å²) in [6.45, 7) is 2.28. The van der Waals surface area contributed by atoms with Crippen molar-refractivity contribution in [3.63, 3.8) is 0 Å². The molecule has 0 spiro atoms. The molecule has 0 N–H and O–H groups in total. The summed E-state index contributed by atoms with van der Waals surface area (Å²) in [7, 11) is 1.21. The summed E-state index contributed by atoms with van der Waals surface area (Å²) < 4.78 is 50.7. The lowest BCUT2D eigenvalue weighted by molar-refractivity contribution is -0.0884. The number of methoxy groups -OCH3 is 1. The second-order valence-electron chi connectivity index (χ2n) is 6.45. The van der Waals surface area contributed by atoms with Crippen LogP contribution in [0.25, 0.3) is 10.9 Å². The van der Waals surface area contributed by atoms with Gasteiger partial charge in [-0.15, -0.1) is 0 Å². The zero-order chi connectivity index (χ0) is 21.2. The van der Waals surface area contributed by atoms with E-state index in [0.29, 0.717) is 11.3 Å². The topological polar surface area (TPSA) is 57.5 Å². The van der Waals surface area contributed by atoms with Crippen molar-refractivity contribution in [1.82, 2.24) is 4.57 Å². The summed E-state index contributed by atoms with van der Waals surface area (Å²) in [5.74, 6) is -1.94. The number of aromatic nitrogens is 1. The molecule has 2 aromatic carbocycles. The number of rotatable bonds is 6. The van der Waals surface area contributed by atoms with Gasteiger partial charge in [0.05, 0.1) is 24.8 Å². The van der Waals surface area contributed by atoms with Crippen molar-refractivity contribution in [2.45, 2.75) is 19.6 Å². The van der Waals surface area contributed by atoms with Crippen molar-refractivity contribution in [3.05, 3.63) is 65.4 Å². The Balaban J connectivity index is 1.94. The lowest BCUT2D eigenvalue weighted by atomic mass is 10.1. The molecule has 0 aliphatic carbocycles. The van der Waals surface area contributed by atoms with Crippen molar-refractivity contribution in [2.75, 3.05) is 13.7 Å². The number of benzene rings is 2. The Hall–Kier alpha value is -3.29. The van der Waals surface area contributed by atoms with Crippen LogP contribution in [0, 0.1) is 6.92 Å². The van der Waals surface area contributed by atoms with Gasteiger partial charge in [-0.3, -0.25) is 4.79 Å². The molecule has 0 aliphatic rings. The first-order chi connectivity index (χ1) is 13.7. The van der Waals surface area contributed by atoms with E-state index in [1.165, 1.54) is 29.9 Å². The Morgan fingerprint density at radius 3 is 2.38 bits per heavy atom. The molecule has 0 atom stereocenters. The van der Waals surface area contributed by atoms with Crippen LogP contribution in [0.3, 0.4) is 0 Å². The van der Waals surface area contributed by atoms with Crippen LogP contribution in [-0.2, 0) is 11.3 Å². The minimum Gasteiger partial charge on any atom is -0.492 e. The number of ketones is 1. The van der Waals surface area contributed by atoms with Gasteiger partial charge in [-0.2, -0.15) is 13.2 Å². The predicted octanol–water partition coefficient (Wildman–Crippen LogP) is 4.56. The lowest BCUT2D eigenvalue weighted by Gasteiger charge is -2.09. The molecule has 152 valence electrons. The van der Waals surface area contributed by atoms with Crippen LogP contribution in [0.1, 0.15) is 26.3 Å². The molecule has 0 bridgehead atoms. The molecule has 0 saturated carbocycles. The number of alkyl halides is 3. The molecular weight excluding hydrogens is 387 g/mol. The summed E-state index contributed by atoms with van der Waals surface area (Å²) in [5.41, 5.74) is 1.08. The zero-order valence-electron chi connectivity index (χ0n) is 15.7. The Kier molecular flexibility index (Phi) is 5.63. The van der Waals surface area contributed by atoms with E-state index in [1.807, 2.05) is 19.1 Å². The number of ether oxygens (including phenoxy) is 2. The number of hydrogen-bond donors (Lipinski definition) is 0. The third-order valence-corrected chi connectivity index (χ3v) is 4.43. The molecule has 0 unspecified atom stereocenters. The highest BCUT2D eigenvalue weighted by atomic mass is 19.4. The third kappa shape index (κ3) is 4.42. The minimum absolute atomic E-state index is 0.107. The summed E-state index contributed by atoms with van der Waals surface area (Å²) in [4.78, 5) is 23.6. The van der Waals surface area contributed by atoms with Gasteiger partial charge in [-0.05, 0) is 31.2 Å². The summed E-state index contributed by atoms with van der Waals surface area (Å²) in [5, 5.41) is 0.107. The van der Waals surface area contributed by atoms with E-state index in [2.05, 4.69) is 4.74 Å². The van der Waals surface area contributed by atoms with Crippen LogP contribution in [0.15, 0.2) is 48.7 Å². The molecule has 1 heterocycles. The number of aryl methyl sites for hydroxylation is 1. The van der Waals surface area contributed by atoms with E-state index in [-0.39, 0.29) is 24.1 Å². The average Bonchev–Trinajstić information content (AvgIpc) is 3.05. The van der Waals surface area contributed by atoms with Gasteiger partial charge in [0.2, 0.25) is 0 Å². The fourth-order valence-electron chi connectivity index (χ4n) is 2.95. The molecule has 0 saturated heterocycles. The predicted molar refractivity (Wildman–Crippen MR) is 100 cm³/mol. The third-order valence-electron chi connectivity index (χ3n) is 4.43. The normalized spacial score (nSPS) is 11.5. The molecule has 3 rings (SSSR count). The molecule has 3 aromatic rings. The first-order valence-corrected chi connectivity index (χ1v) is 8.73. The number of fused-ring (bicyclic) bond motifs is 1. The van der Waals surface area contributed by atoms with Crippen molar-refractivity contribution in [3.8, 4) is 5.75 Å². The highest BCUT2D eigenvalue weighted by Crippen LogP contribution is 2.29. The van der Waals surface area contributed by atoms with E-state index in [4.69, 9.17) is 4.74 Å². The number of carbonyl (C=O) groups is 2. The van der Waals surface area contributed by atoms with E-state index in [9.17, 15) is 22.8 Å². The van der Waals surface area contributed by atoms with Crippen LogP contribution in [0.2, 0.25) is 0 Å². The zero-order valence-corrected chi connectivity index (χ0v) is 15.7. The van der Waals surface area contributed by atoms with Gasteiger partial charge in [0.1, 0.15) is 12.4 Å². The molecule has 5 nitrogen and oxygen atoms in total. The van der Waals surface area contributed by atoms with Crippen molar-refractivity contribution in [1.29, 1.82) is 0 Å². The second-order valence-corrected chi connectivity index (χ2v) is 6.45. The number of nitrogens with zero attached hydrogens (tertiary/aromatic N) is 1. The van der Waals surface area contributed by atoms with Gasteiger partial charge in [0.15, 0.2) is 0 Å². The van der Waals surface area contributed by atoms with Crippen molar-refractivity contribution in [2.24, 2.45) is 0 Å². The molecular formula is C21H18F3NO4. The number of hydrogen-bond acceptors (Lipinski definition) is 4. The lowest BCUT2D eigenvalue weighted by Crippen LogP contribution is -2.22. The van der Waals surface area contributed by atoms with Gasteiger partial charge < -0.3 is 14.0 Å². The Labute approximate surface area is 164 Å². The van der Waals surface area contributed by atoms with Crippen LogP contribution >= 0.6 is 0 Å². The quantitative estimate of drug-likeness (QED) is 0.446. The number of halogens is 3. The van der Waals surface area contributed by atoms with E-state index >= 15 is 0 Å². The van der Waals surface area contributed by atoms with Crippen molar-refractivity contribution >= 4 is 22.7 Å². The smallest absolute Gasteiger partial charge is 0.454 e. The maximum atomic E-state index is 13.0. The Morgan fingerprint density at radius 2 is 1.76 bits per heavy atom. The Morgan fingerprint density at radius 1 is 1.07 bits per heavy atom. The van der Waals surface area contributed by atoms with Crippen LogP contribution in [-0.4, -0.2) is 36.2 Å². The SMILES string of the molecule is COC(=O)c1ccc2c(C(=O)C(F)(F)F)cn(CCOc3ccc(C)cc3)c2c1. The van der Waals surface area contributed by atoms with Gasteiger partial charge in [0, 0.05) is 17.1 Å². The first-order valence-electron chi connectivity index (χ1n) is 8.73. The first kappa shape index (κ1) is 20.4. The highest BCUT2D eigenvalue weighted by Gasteiger charge is 2.40. The van der Waals surface area contributed by atoms with Gasteiger partial charge in [0.25, 0.3) is 5.78 Å². The standard InChI is InChI=1S/C21H18F3NO4/c1-13-3-6-15(7-4-13)29-10-9-25-12-17(19(26)21(22,23)24)16-8-5-14(11-18(16)25)20(27)28-2/h3-8,11-12H,9-10H2,1-2H3. The molecule has 0 radical (unpaired) electrons. The largest absolute Gasteiger partial charge is 0.492 e. The van der Waals surface area contributed by atoms with E-state index in [1.54, 1.807) is 12.1 Å². The number of carbonyl (C=O) groups excluding carboxylic acids is 2. The average molecular weight is 405 g/mol. The summed E-state index contributed by atoms with van der Waals surface area (Å²) in [6, 6.07) is 11.4. The van der Waals surface area contributed by atoms with Crippen LogP contribution < -0.4 is 4.74 Å². The minimum atomic E-state index is -5.00. The number of esters is 1. The molecule has 0 aliphatic heterocycles. The molecule has 0 fully saturated rings. The van der Waals surface area contributed by atoms with E-state index in [0.717, 1.165) is 11.8 Å². The second kappa shape index (κ2) is 7.98. The highest BCUT2D eigenvalue weighted by molar-refractivity contribution is 6.11. The van der Waals surface area contributed by atoms with Gasteiger partial charge in [-0.1, -0.05) is 23.8 Å². The molecule has 8 heteroatoms. The van der Waals surface area contributed by atoms with Crippen LogP contribution in [0.4, 0.5) is 13.2 Å². The van der Waals surface area contributed by atoms with Crippen molar-refractivity contribution < 1.29 is 32.2 Å². The monoisotopic (exact) mass is 405 g/mol. The maximum absolute atomic E-state index is 13.0. The molecule has 29 heavy (non-hydrogen) atoms.